The van der Waals surface area contributed by atoms with Crippen molar-refractivity contribution in [3.05, 3.63) is 97.8 Å². The molecule has 8 nitrogen and oxygen atoms in total. The van der Waals surface area contributed by atoms with Crippen LogP contribution in [0.15, 0.2) is 64.4 Å². The fraction of sp³-hybridized carbons (Fsp3) is 0.136. The number of aryl methyl sites for hydroxylation is 1. The molecule has 2 aromatic carbocycles. The molecule has 0 fully saturated rings. The van der Waals surface area contributed by atoms with Crippen LogP contribution in [0.2, 0.25) is 0 Å². The highest BCUT2D eigenvalue weighted by atomic mass is 19.4. The molecule has 0 atom stereocenters. The number of halogens is 3. The van der Waals surface area contributed by atoms with Gasteiger partial charge >= 0.3 is 17.3 Å². The first-order chi connectivity index (χ1) is 15.6. The molecule has 33 heavy (non-hydrogen) atoms. The number of H-pyrrole nitrogens is 1. The summed E-state index contributed by atoms with van der Waals surface area (Å²) in [5.41, 5.74) is 5.29. The fourth-order valence-corrected chi connectivity index (χ4v) is 3.50. The third-order valence-electron chi connectivity index (χ3n) is 5.18. The van der Waals surface area contributed by atoms with Gasteiger partial charge in [0.1, 0.15) is 0 Å². The number of nitrogens with two attached hydrogens (primary N) is 1. The molecular formula is C22H18F3N5O3. The number of aromatic amines is 1. The summed E-state index contributed by atoms with van der Waals surface area (Å²) in [6.45, 7) is 1.80. The molecule has 0 aliphatic heterocycles. The average molecular weight is 457 g/mol. The van der Waals surface area contributed by atoms with Crippen LogP contribution >= 0.6 is 0 Å². The number of rotatable bonds is 4. The standard InChI is InChI=1S/C22H18F3N5O3/c1-12-4-2-3-5-14(12)19(31)28-30-18-9-17(29-7-6-13(10-26)11-29)15(22(23,24)25)8-16(18)27-20(32)21(30)33/h2-9,11H,10,26H2,1H3,(H,27,32)(H,28,31). The molecule has 0 radical (unpaired) electrons. The zero-order valence-electron chi connectivity index (χ0n) is 17.2. The number of benzene rings is 2. The molecule has 1 amide bonds. The largest absolute Gasteiger partial charge is 0.418 e. The fourth-order valence-electron chi connectivity index (χ4n) is 3.50. The van der Waals surface area contributed by atoms with Crippen LogP contribution in [0.25, 0.3) is 16.7 Å². The monoisotopic (exact) mass is 457 g/mol. The molecule has 0 spiro atoms. The van der Waals surface area contributed by atoms with E-state index in [2.05, 4.69) is 10.4 Å². The zero-order valence-corrected chi connectivity index (χ0v) is 17.2. The minimum Gasteiger partial charge on any atom is -0.326 e. The summed E-state index contributed by atoms with van der Waals surface area (Å²) in [4.78, 5) is 39.7. The van der Waals surface area contributed by atoms with Gasteiger partial charge in [0.2, 0.25) is 0 Å². The van der Waals surface area contributed by atoms with Gasteiger partial charge in [-0.3, -0.25) is 19.8 Å². The van der Waals surface area contributed by atoms with Crippen LogP contribution in [-0.2, 0) is 12.7 Å². The molecule has 0 unspecified atom stereocenters. The Morgan fingerprint density at radius 2 is 1.88 bits per heavy atom. The molecule has 2 heterocycles. The normalized spacial score (nSPS) is 11.7. The Hall–Kier alpha value is -4.12. The highest BCUT2D eigenvalue weighted by molar-refractivity contribution is 6.01. The number of hydrogen-bond donors (Lipinski definition) is 3. The molecule has 4 aromatic rings. The van der Waals surface area contributed by atoms with Crippen LogP contribution in [0.4, 0.5) is 13.2 Å². The molecule has 0 aliphatic rings. The Kier molecular flexibility index (Phi) is 5.42. The zero-order chi connectivity index (χ0) is 23.9. The van der Waals surface area contributed by atoms with Gasteiger partial charge in [0.05, 0.1) is 22.3 Å². The summed E-state index contributed by atoms with van der Waals surface area (Å²) < 4.78 is 43.4. The van der Waals surface area contributed by atoms with Crippen molar-refractivity contribution in [3.8, 4) is 5.69 Å². The van der Waals surface area contributed by atoms with Crippen molar-refractivity contribution < 1.29 is 18.0 Å². The SMILES string of the molecule is Cc1ccccc1C(=O)Nn1c(=O)c(=O)[nH]c2cc(C(F)(F)F)c(-n3ccc(CN)c3)cc21. The summed E-state index contributed by atoms with van der Waals surface area (Å²) in [5, 5.41) is 0. The summed E-state index contributed by atoms with van der Waals surface area (Å²) >= 11 is 0. The topological polar surface area (TPSA) is 115 Å². The van der Waals surface area contributed by atoms with E-state index in [1.54, 1.807) is 31.2 Å². The summed E-state index contributed by atoms with van der Waals surface area (Å²) in [5.74, 6) is -0.699. The lowest BCUT2D eigenvalue weighted by Gasteiger charge is -2.18. The molecule has 0 bridgehead atoms. The summed E-state index contributed by atoms with van der Waals surface area (Å²) in [7, 11) is 0. The van der Waals surface area contributed by atoms with Gasteiger partial charge in [-0.1, -0.05) is 18.2 Å². The van der Waals surface area contributed by atoms with Crippen molar-refractivity contribution in [2.24, 2.45) is 5.73 Å². The van der Waals surface area contributed by atoms with Crippen molar-refractivity contribution in [2.45, 2.75) is 19.6 Å². The van der Waals surface area contributed by atoms with Crippen molar-refractivity contribution in [3.63, 3.8) is 0 Å². The Morgan fingerprint density at radius 1 is 1.15 bits per heavy atom. The highest BCUT2D eigenvalue weighted by Crippen LogP contribution is 2.36. The lowest BCUT2D eigenvalue weighted by atomic mass is 10.1. The Bertz CT molecular complexity index is 1500. The second-order valence-electron chi connectivity index (χ2n) is 7.37. The van der Waals surface area contributed by atoms with E-state index in [1.165, 1.54) is 23.0 Å². The molecule has 11 heteroatoms. The smallest absolute Gasteiger partial charge is 0.326 e. The first-order valence-corrected chi connectivity index (χ1v) is 9.74. The number of fused-ring (bicyclic) bond motifs is 1. The third kappa shape index (κ3) is 4.05. The Balaban J connectivity index is 1.97. The van der Waals surface area contributed by atoms with Crippen LogP contribution in [0.5, 0.6) is 0 Å². The van der Waals surface area contributed by atoms with Gasteiger partial charge in [0.25, 0.3) is 5.91 Å². The molecule has 2 aromatic heterocycles. The molecular weight excluding hydrogens is 439 g/mol. The first kappa shape index (κ1) is 22.1. The van der Waals surface area contributed by atoms with Crippen molar-refractivity contribution in [2.75, 3.05) is 5.43 Å². The summed E-state index contributed by atoms with van der Waals surface area (Å²) in [6.07, 6.45) is -1.94. The average Bonchev–Trinajstić information content (AvgIpc) is 3.25. The van der Waals surface area contributed by atoms with E-state index >= 15 is 0 Å². The maximum atomic E-state index is 13.8. The number of amides is 1. The van der Waals surface area contributed by atoms with Crippen molar-refractivity contribution in [1.82, 2.24) is 14.2 Å². The molecule has 0 saturated carbocycles. The maximum absolute atomic E-state index is 13.8. The minimum absolute atomic E-state index is 0.118. The van der Waals surface area contributed by atoms with Crippen molar-refractivity contribution >= 4 is 16.9 Å². The predicted octanol–water partition coefficient (Wildman–Crippen LogP) is 2.65. The number of hydrogen-bond acceptors (Lipinski definition) is 4. The van der Waals surface area contributed by atoms with Gasteiger partial charge < -0.3 is 15.3 Å². The maximum Gasteiger partial charge on any atom is 0.418 e. The molecule has 4 N–H and O–H groups in total. The predicted molar refractivity (Wildman–Crippen MR) is 116 cm³/mol. The van der Waals surface area contributed by atoms with Gasteiger partial charge in [-0.15, -0.1) is 0 Å². The van der Waals surface area contributed by atoms with E-state index in [1.807, 2.05) is 0 Å². The van der Waals surface area contributed by atoms with Crippen LogP contribution in [-0.4, -0.2) is 20.1 Å². The number of aromatic nitrogens is 3. The van der Waals surface area contributed by atoms with Gasteiger partial charge in [0, 0.05) is 24.5 Å². The molecule has 0 saturated heterocycles. The number of carbonyl (C=O) groups is 1. The van der Waals surface area contributed by atoms with Gasteiger partial charge in [0.15, 0.2) is 0 Å². The van der Waals surface area contributed by atoms with E-state index in [4.69, 9.17) is 5.73 Å². The first-order valence-electron chi connectivity index (χ1n) is 9.74. The number of nitrogens with zero attached hydrogens (tertiary/aromatic N) is 2. The Labute approximate surface area is 184 Å². The lowest BCUT2D eigenvalue weighted by Crippen LogP contribution is -2.42. The second kappa shape index (κ2) is 8.10. The molecule has 4 rings (SSSR count). The lowest BCUT2D eigenvalue weighted by molar-refractivity contribution is -0.137. The summed E-state index contributed by atoms with van der Waals surface area (Å²) in [6, 6.07) is 9.91. The molecule has 0 aliphatic carbocycles. The van der Waals surface area contributed by atoms with E-state index in [0.29, 0.717) is 15.8 Å². The van der Waals surface area contributed by atoms with Gasteiger partial charge in [-0.05, 0) is 42.3 Å². The van der Waals surface area contributed by atoms with Gasteiger partial charge in [-0.25, -0.2) is 4.68 Å². The number of carbonyl (C=O) groups excluding carboxylic acids is 1. The quantitative estimate of drug-likeness (QED) is 0.409. The Morgan fingerprint density at radius 3 is 2.52 bits per heavy atom. The minimum atomic E-state index is -4.76. The number of alkyl halides is 3. The van der Waals surface area contributed by atoms with Crippen LogP contribution in [0.1, 0.15) is 27.0 Å². The van der Waals surface area contributed by atoms with Gasteiger partial charge in [-0.2, -0.15) is 13.2 Å². The van der Waals surface area contributed by atoms with E-state index in [0.717, 1.165) is 12.1 Å². The van der Waals surface area contributed by atoms with Crippen LogP contribution < -0.4 is 22.3 Å². The van der Waals surface area contributed by atoms with Crippen molar-refractivity contribution in [1.29, 1.82) is 0 Å². The van der Waals surface area contributed by atoms with E-state index < -0.39 is 28.8 Å². The highest BCUT2D eigenvalue weighted by Gasteiger charge is 2.35. The van der Waals surface area contributed by atoms with Crippen LogP contribution in [0, 0.1) is 6.92 Å². The van der Waals surface area contributed by atoms with Crippen LogP contribution in [0.3, 0.4) is 0 Å². The second-order valence-corrected chi connectivity index (χ2v) is 7.37. The van der Waals surface area contributed by atoms with E-state index in [-0.39, 0.29) is 28.8 Å². The van der Waals surface area contributed by atoms with E-state index in [9.17, 15) is 27.6 Å². The number of nitrogens with one attached hydrogen (secondary N) is 2. The third-order valence-corrected chi connectivity index (χ3v) is 5.18. The molecule has 170 valence electrons.